The Hall–Kier alpha value is -5.34. The molecule has 0 radical (unpaired) electrons. The van der Waals surface area contributed by atoms with Gasteiger partial charge in [-0.15, -0.1) is 0 Å². The number of carboxylic acids is 1. The first-order chi connectivity index (χ1) is 52.7. The van der Waals surface area contributed by atoms with Gasteiger partial charge in [0.2, 0.25) is 0 Å². The molecule has 0 aliphatic carbocycles. The van der Waals surface area contributed by atoms with Crippen molar-refractivity contribution in [2.75, 3.05) is 33.5 Å². The van der Waals surface area contributed by atoms with Crippen LogP contribution in [0, 0.1) is 116 Å². The lowest BCUT2D eigenvalue weighted by Gasteiger charge is -2.38. The summed E-state index contributed by atoms with van der Waals surface area (Å²) >= 11 is 0. The summed E-state index contributed by atoms with van der Waals surface area (Å²) in [6.45, 7) is 54.7. The van der Waals surface area contributed by atoms with Crippen LogP contribution in [0.25, 0.3) is 0 Å². The first-order valence-corrected chi connectivity index (χ1v) is 44.7. The molecular weight excluding hydrogens is 1400 g/mol. The van der Waals surface area contributed by atoms with Crippen LogP contribution in [-0.2, 0) is 52.7 Å². The van der Waals surface area contributed by atoms with Gasteiger partial charge in [0.1, 0.15) is 57.9 Å². The minimum Gasteiger partial charge on any atom is -0.507 e. The van der Waals surface area contributed by atoms with Crippen molar-refractivity contribution in [3.8, 4) is 34.5 Å². The van der Waals surface area contributed by atoms with Crippen LogP contribution in [0.4, 0.5) is 0 Å². The third-order valence-electron chi connectivity index (χ3n) is 25.5. The summed E-state index contributed by atoms with van der Waals surface area (Å²) in [6, 6.07) is 0. The fraction of sp³-hybridized carbons (Fsp3) is 0.776. The second-order valence-corrected chi connectivity index (χ2v) is 37.7. The van der Waals surface area contributed by atoms with E-state index in [1.165, 1.54) is 147 Å². The van der Waals surface area contributed by atoms with Gasteiger partial charge in [-0.25, -0.2) is 0 Å². The highest BCUT2D eigenvalue weighted by atomic mass is 16.6. The van der Waals surface area contributed by atoms with Crippen molar-refractivity contribution in [2.45, 2.75) is 408 Å². The fourth-order valence-electron chi connectivity index (χ4n) is 16.9. The molecule has 3 aliphatic heterocycles. The van der Waals surface area contributed by atoms with E-state index in [0.717, 1.165) is 189 Å². The molecule has 0 fully saturated rings. The quantitative estimate of drug-likeness (QED) is 0.0309. The van der Waals surface area contributed by atoms with Gasteiger partial charge in [0.05, 0.1) is 45.5 Å². The number of phenolic OH excluding ortho intramolecular Hbond substituents is 1. The third kappa shape index (κ3) is 34.5. The van der Waals surface area contributed by atoms with E-state index >= 15 is 0 Å². The standard InChI is InChI=1S/C38H64O7.C31H50O5.C29H50O2/c1-27(2)13-10-14-28(3)15-11-16-29(4)17-12-21-38(8)22-20-33-32(7)36(30(5)31(6)37(33)45-38)44-35(40)19-18-34(39)43-26-25-42-24-23-41-9;1-20(2)11-12-22(4)14-13-21(3)10-9-18-31(8)19-17-26-25(7)29(23(5)24(6)30(26)36-31)35-28(34)16-15-27(32)33;1-20(2)12-9-13-21(3)14-10-15-22(4)16-11-18-29(8)19-17-26-25(7)27(30)23(5)24(6)28(26)31-29/h27-29H,10-26H2,1-9H3;20-22H,9-19H2,1-8H3,(H,32,33);20-22,30H,9-19H2,1-8H3. The molecule has 9 atom stereocenters. The Bertz CT molecular complexity index is 3340. The topological polar surface area (TPSA) is 183 Å². The van der Waals surface area contributed by atoms with E-state index in [-0.39, 0.29) is 49.1 Å². The van der Waals surface area contributed by atoms with E-state index in [2.05, 4.69) is 118 Å². The van der Waals surface area contributed by atoms with E-state index in [1.807, 2.05) is 48.5 Å². The van der Waals surface area contributed by atoms with Crippen LogP contribution in [0.15, 0.2) is 0 Å². The zero-order valence-corrected chi connectivity index (χ0v) is 76.1. The molecule has 3 heterocycles. The van der Waals surface area contributed by atoms with Gasteiger partial charge < -0.3 is 48.1 Å². The minimum absolute atomic E-state index is 0.0312. The largest absolute Gasteiger partial charge is 0.507 e. The lowest BCUT2D eigenvalue weighted by atomic mass is 9.83. The number of carbonyl (C=O) groups excluding carboxylic acids is 3. The van der Waals surface area contributed by atoms with Crippen LogP contribution in [0.5, 0.6) is 34.5 Å². The SMILES string of the molecule is COCCOCCOC(=O)CCC(=O)Oc1c(C)c(C)c2c(c1C)CCC(C)(CCCC(C)CCCC(C)CCCC(C)C)O2.Cc1c(C)c2c(c(C)c1O)CCC(C)(CCCC(C)CCCC(C)CCCC(C)C)O2.Cc1c(C)c2c(c(C)c1OC(=O)CCC(=O)O)CCC(C)(CCCC(C)CCC(C)CCC(C)C)O2. The molecular formula is C98H164O14. The van der Waals surface area contributed by atoms with Crippen molar-refractivity contribution >= 4 is 23.9 Å². The summed E-state index contributed by atoms with van der Waals surface area (Å²) in [4.78, 5) is 47.7. The van der Waals surface area contributed by atoms with Gasteiger partial charge in [-0.3, -0.25) is 19.2 Å². The molecule has 6 rings (SSSR count). The van der Waals surface area contributed by atoms with Crippen LogP contribution in [0.3, 0.4) is 0 Å². The Kier molecular flexibility index (Phi) is 43.9. The van der Waals surface area contributed by atoms with Crippen molar-refractivity contribution < 1.29 is 67.3 Å². The maximum Gasteiger partial charge on any atom is 0.311 e. The van der Waals surface area contributed by atoms with Crippen LogP contribution in [-0.4, -0.2) is 84.4 Å². The molecule has 112 heavy (non-hydrogen) atoms. The Morgan fingerprint density at radius 3 is 1.03 bits per heavy atom. The van der Waals surface area contributed by atoms with Crippen LogP contribution >= 0.6 is 0 Å². The van der Waals surface area contributed by atoms with Crippen LogP contribution in [0.1, 0.15) is 376 Å². The number of ether oxygens (including phenoxy) is 8. The Morgan fingerprint density at radius 1 is 0.357 bits per heavy atom. The number of hydrogen-bond donors (Lipinski definition) is 2. The van der Waals surface area contributed by atoms with E-state index in [1.54, 1.807) is 7.11 Å². The van der Waals surface area contributed by atoms with Gasteiger partial charge in [-0.2, -0.15) is 0 Å². The number of fused-ring (bicyclic) bond motifs is 3. The second kappa shape index (κ2) is 49.7. The van der Waals surface area contributed by atoms with Gasteiger partial charge in [0.15, 0.2) is 0 Å². The normalized spacial score (nSPS) is 18.8. The summed E-state index contributed by atoms with van der Waals surface area (Å²) in [5.74, 6) is 9.47. The Balaban J connectivity index is 0.000000361. The summed E-state index contributed by atoms with van der Waals surface area (Å²) < 4.78 is 46.8. The number of phenols is 1. The zero-order chi connectivity index (χ0) is 83.6. The molecule has 14 heteroatoms. The van der Waals surface area contributed by atoms with Crippen molar-refractivity contribution in [3.63, 3.8) is 0 Å². The van der Waals surface area contributed by atoms with Gasteiger partial charge >= 0.3 is 23.9 Å². The van der Waals surface area contributed by atoms with Gasteiger partial charge in [-0.05, 0) is 263 Å². The highest BCUT2D eigenvalue weighted by Gasteiger charge is 2.38. The number of carbonyl (C=O) groups is 4. The third-order valence-corrected chi connectivity index (χ3v) is 25.5. The number of rotatable bonds is 48. The average Bonchev–Trinajstić information content (AvgIpc) is 0.768. The molecule has 3 aromatic rings. The van der Waals surface area contributed by atoms with Crippen molar-refractivity contribution in [1.29, 1.82) is 0 Å². The predicted octanol–water partition coefficient (Wildman–Crippen LogP) is 26.0. The molecule has 0 saturated heterocycles. The number of benzene rings is 3. The molecule has 0 spiro atoms. The van der Waals surface area contributed by atoms with Gasteiger partial charge in [-0.1, -0.05) is 205 Å². The van der Waals surface area contributed by atoms with Crippen molar-refractivity contribution in [1.82, 2.24) is 0 Å². The number of aromatic hydroxyl groups is 1. The molecule has 640 valence electrons. The number of methoxy groups -OCH3 is 1. The maximum atomic E-state index is 12.7. The van der Waals surface area contributed by atoms with E-state index in [4.69, 9.17) is 43.0 Å². The number of carboxylic acid groups (broad SMARTS) is 1. The van der Waals surface area contributed by atoms with E-state index < -0.39 is 23.9 Å². The average molecular weight is 1570 g/mol. The first-order valence-electron chi connectivity index (χ1n) is 44.7. The van der Waals surface area contributed by atoms with E-state index in [0.29, 0.717) is 37.1 Å². The van der Waals surface area contributed by atoms with Gasteiger partial charge in [0.25, 0.3) is 0 Å². The molecule has 3 aliphatic rings. The van der Waals surface area contributed by atoms with Crippen LogP contribution < -0.4 is 23.7 Å². The highest BCUT2D eigenvalue weighted by molar-refractivity contribution is 5.80. The van der Waals surface area contributed by atoms with E-state index in [9.17, 15) is 24.3 Å². The summed E-state index contributed by atoms with van der Waals surface area (Å²) in [5.41, 5.74) is 11.8. The molecule has 14 nitrogen and oxygen atoms in total. The summed E-state index contributed by atoms with van der Waals surface area (Å²) in [7, 11) is 1.60. The first kappa shape index (κ1) is 99.0. The fourth-order valence-corrected chi connectivity index (χ4v) is 16.9. The molecule has 0 saturated carbocycles. The molecule has 0 bridgehead atoms. The minimum atomic E-state index is -1.000. The van der Waals surface area contributed by atoms with Crippen molar-refractivity contribution in [3.05, 3.63) is 66.8 Å². The predicted molar refractivity (Wildman–Crippen MR) is 462 cm³/mol. The van der Waals surface area contributed by atoms with Gasteiger partial charge in [0, 0.05) is 23.8 Å². The monoisotopic (exact) mass is 1570 g/mol. The van der Waals surface area contributed by atoms with Crippen molar-refractivity contribution in [2.24, 2.45) is 53.3 Å². The van der Waals surface area contributed by atoms with Crippen LogP contribution in [0.2, 0.25) is 0 Å². The zero-order valence-electron chi connectivity index (χ0n) is 76.1. The molecule has 0 amide bonds. The highest BCUT2D eigenvalue weighted by Crippen LogP contribution is 2.49. The second-order valence-electron chi connectivity index (χ2n) is 37.7. The lowest BCUT2D eigenvalue weighted by molar-refractivity contribution is -0.148. The smallest absolute Gasteiger partial charge is 0.311 e. The number of aliphatic carboxylic acids is 1. The maximum absolute atomic E-state index is 12.7. The molecule has 0 aromatic heterocycles. The molecule has 2 N–H and O–H groups in total. The lowest BCUT2D eigenvalue weighted by Crippen LogP contribution is -2.37. The Morgan fingerprint density at radius 2 is 0.661 bits per heavy atom. The number of esters is 3. The molecule has 3 aromatic carbocycles. The molecule has 9 unspecified atom stereocenters. The summed E-state index contributed by atoms with van der Waals surface area (Å²) in [6.07, 6.45) is 37.6. The summed E-state index contributed by atoms with van der Waals surface area (Å²) in [5, 5.41) is 19.2. The number of hydrogen-bond acceptors (Lipinski definition) is 13. The Labute approximate surface area is 683 Å².